The summed E-state index contributed by atoms with van der Waals surface area (Å²) in [6.45, 7) is 1.95. The van der Waals surface area contributed by atoms with Gasteiger partial charge >= 0.3 is 6.03 Å². The Morgan fingerprint density at radius 3 is 2.79 bits per heavy atom. The van der Waals surface area contributed by atoms with Crippen LogP contribution in [0.5, 0.6) is 0 Å². The van der Waals surface area contributed by atoms with E-state index in [2.05, 4.69) is 16.0 Å². The molecule has 9 heteroatoms. The summed E-state index contributed by atoms with van der Waals surface area (Å²) in [6.07, 6.45) is 0.381. The SMILES string of the molecule is C[C@H]1NC(=O)[C@@H]2C[C@H](NC(=O)Nc3ccc(Cl)cc3Cl)CN2C1=O. The molecule has 3 atom stereocenters. The molecule has 24 heavy (non-hydrogen) atoms. The number of halogens is 2. The van der Waals surface area contributed by atoms with Gasteiger partial charge in [0.15, 0.2) is 0 Å². The highest BCUT2D eigenvalue weighted by Gasteiger charge is 2.45. The lowest BCUT2D eigenvalue weighted by atomic mass is 10.1. The Balaban J connectivity index is 1.62. The van der Waals surface area contributed by atoms with Crippen molar-refractivity contribution in [3.63, 3.8) is 0 Å². The van der Waals surface area contributed by atoms with Crippen molar-refractivity contribution in [3.05, 3.63) is 28.2 Å². The Hall–Kier alpha value is -1.99. The van der Waals surface area contributed by atoms with E-state index in [-0.39, 0.29) is 17.9 Å². The quantitative estimate of drug-likeness (QED) is 0.738. The van der Waals surface area contributed by atoms with Crippen molar-refractivity contribution in [2.45, 2.75) is 31.5 Å². The first-order valence-electron chi connectivity index (χ1n) is 7.48. The van der Waals surface area contributed by atoms with Gasteiger partial charge in [0.05, 0.1) is 16.8 Å². The molecular weight excluding hydrogens is 355 g/mol. The zero-order valence-electron chi connectivity index (χ0n) is 12.8. The molecule has 0 spiro atoms. The Morgan fingerprint density at radius 2 is 2.08 bits per heavy atom. The van der Waals surface area contributed by atoms with Gasteiger partial charge in [0.25, 0.3) is 0 Å². The number of piperazine rings is 1. The first kappa shape index (κ1) is 16.9. The molecule has 1 aromatic rings. The number of carbonyl (C=O) groups excluding carboxylic acids is 3. The molecule has 2 saturated heterocycles. The molecule has 2 heterocycles. The van der Waals surface area contributed by atoms with Crippen molar-refractivity contribution in [2.75, 3.05) is 11.9 Å². The molecule has 2 fully saturated rings. The zero-order chi connectivity index (χ0) is 17.4. The number of benzene rings is 1. The van der Waals surface area contributed by atoms with Gasteiger partial charge < -0.3 is 20.9 Å². The predicted molar refractivity (Wildman–Crippen MR) is 90.1 cm³/mol. The van der Waals surface area contributed by atoms with E-state index in [0.29, 0.717) is 28.7 Å². The monoisotopic (exact) mass is 370 g/mol. The summed E-state index contributed by atoms with van der Waals surface area (Å²) in [6, 6.07) is 2.92. The number of urea groups is 1. The summed E-state index contributed by atoms with van der Waals surface area (Å²) in [7, 11) is 0. The van der Waals surface area contributed by atoms with E-state index in [1.807, 2.05) is 0 Å². The molecule has 3 rings (SSSR count). The van der Waals surface area contributed by atoms with Crippen molar-refractivity contribution in [1.82, 2.24) is 15.5 Å². The first-order chi connectivity index (χ1) is 11.3. The smallest absolute Gasteiger partial charge is 0.319 e. The number of hydrogen-bond donors (Lipinski definition) is 3. The average Bonchev–Trinajstić information content (AvgIpc) is 2.92. The molecule has 7 nitrogen and oxygen atoms in total. The Labute approximate surface area is 148 Å². The molecule has 0 aromatic heterocycles. The van der Waals surface area contributed by atoms with E-state index in [0.717, 1.165) is 0 Å². The Kier molecular flexibility index (Phi) is 4.56. The van der Waals surface area contributed by atoms with Crippen molar-refractivity contribution < 1.29 is 14.4 Å². The van der Waals surface area contributed by atoms with Gasteiger partial charge in [-0.1, -0.05) is 23.2 Å². The maximum absolute atomic E-state index is 12.1. The summed E-state index contributed by atoms with van der Waals surface area (Å²) < 4.78 is 0. The third kappa shape index (κ3) is 3.27. The number of fused-ring (bicyclic) bond motifs is 1. The molecule has 1 aromatic carbocycles. The van der Waals surface area contributed by atoms with Crippen LogP contribution in [0.15, 0.2) is 18.2 Å². The third-order valence-corrected chi connectivity index (χ3v) is 4.68. The van der Waals surface area contributed by atoms with Gasteiger partial charge in [-0.2, -0.15) is 0 Å². The molecule has 0 unspecified atom stereocenters. The second kappa shape index (κ2) is 6.49. The molecule has 0 aliphatic carbocycles. The van der Waals surface area contributed by atoms with Gasteiger partial charge in [0, 0.05) is 11.6 Å². The van der Waals surface area contributed by atoms with Crippen LogP contribution in [-0.2, 0) is 9.59 Å². The van der Waals surface area contributed by atoms with Crippen LogP contribution < -0.4 is 16.0 Å². The predicted octanol–water partition coefficient (Wildman–Crippen LogP) is 1.60. The minimum atomic E-state index is -0.533. The highest BCUT2D eigenvalue weighted by Crippen LogP contribution is 2.26. The topological polar surface area (TPSA) is 90.5 Å². The van der Waals surface area contributed by atoms with Gasteiger partial charge in [0.2, 0.25) is 11.8 Å². The van der Waals surface area contributed by atoms with E-state index < -0.39 is 18.1 Å². The van der Waals surface area contributed by atoms with Gasteiger partial charge in [0.1, 0.15) is 12.1 Å². The minimum absolute atomic E-state index is 0.134. The number of carbonyl (C=O) groups is 3. The van der Waals surface area contributed by atoms with Crippen LogP contribution in [0.4, 0.5) is 10.5 Å². The molecule has 0 saturated carbocycles. The standard InChI is InChI=1S/C15H16Cl2N4O3/c1-7-14(23)21-6-9(5-12(21)13(22)18-7)19-15(24)20-11-3-2-8(16)4-10(11)17/h2-4,7,9,12H,5-6H2,1H3,(H,18,22)(H2,19,20,24)/t7-,9+,12+/m1/s1. The second-order valence-electron chi connectivity index (χ2n) is 5.89. The van der Waals surface area contributed by atoms with Crippen LogP contribution in [0.1, 0.15) is 13.3 Å². The van der Waals surface area contributed by atoms with Crippen molar-refractivity contribution in [1.29, 1.82) is 0 Å². The van der Waals surface area contributed by atoms with E-state index in [9.17, 15) is 14.4 Å². The number of anilines is 1. The number of amides is 4. The molecule has 3 N–H and O–H groups in total. The van der Waals surface area contributed by atoms with Crippen LogP contribution in [0.3, 0.4) is 0 Å². The zero-order valence-corrected chi connectivity index (χ0v) is 14.3. The lowest BCUT2D eigenvalue weighted by Crippen LogP contribution is -2.60. The van der Waals surface area contributed by atoms with E-state index in [1.165, 1.54) is 11.0 Å². The van der Waals surface area contributed by atoms with Crippen molar-refractivity contribution in [3.8, 4) is 0 Å². The van der Waals surface area contributed by atoms with E-state index in [4.69, 9.17) is 23.2 Å². The molecule has 128 valence electrons. The lowest BCUT2D eigenvalue weighted by molar-refractivity contribution is -0.146. The van der Waals surface area contributed by atoms with Crippen LogP contribution in [-0.4, -0.2) is 47.4 Å². The van der Waals surface area contributed by atoms with Crippen LogP contribution in [0.2, 0.25) is 10.0 Å². The maximum atomic E-state index is 12.1. The summed E-state index contributed by atoms with van der Waals surface area (Å²) in [5, 5.41) is 8.83. The van der Waals surface area contributed by atoms with Gasteiger partial charge in [-0.15, -0.1) is 0 Å². The fraction of sp³-hybridized carbons (Fsp3) is 0.400. The van der Waals surface area contributed by atoms with Crippen molar-refractivity contribution in [2.24, 2.45) is 0 Å². The second-order valence-corrected chi connectivity index (χ2v) is 6.74. The molecule has 0 bridgehead atoms. The summed E-state index contributed by atoms with van der Waals surface area (Å²) in [5.41, 5.74) is 0.428. The minimum Gasteiger partial charge on any atom is -0.343 e. The number of hydrogen-bond acceptors (Lipinski definition) is 3. The van der Waals surface area contributed by atoms with Gasteiger partial charge in [-0.25, -0.2) is 4.79 Å². The van der Waals surface area contributed by atoms with Crippen molar-refractivity contribution >= 4 is 46.7 Å². The molecule has 0 radical (unpaired) electrons. The molecule has 4 amide bonds. The average molecular weight is 371 g/mol. The van der Waals surface area contributed by atoms with Gasteiger partial charge in [-0.05, 0) is 31.5 Å². The Morgan fingerprint density at radius 1 is 1.33 bits per heavy atom. The van der Waals surface area contributed by atoms with Crippen LogP contribution >= 0.6 is 23.2 Å². The maximum Gasteiger partial charge on any atom is 0.319 e. The molecule has 2 aliphatic heterocycles. The van der Waals surface area contributed by atoms with E-state index in [1.54, 1.807) is 19.1 Å². The number of rotatable bonds is 2. The van der Waals surface area contributed by atoms with Crippen LogP contribution in [0.25, 0.3) is 0 Å². The molecule has 2 aliphatic rings. The summed E-state index contributed by atoms with van der Waals surface area (Å²) >= 11 is 11.8. The van der Waals surface area contributed by atoms with E-state index >= 15 is 0 Å². The first-order valence-corrected chi connectivity index (χ1v) is 8.24. The third-order valence-electron chi connectivity index (χ3n) is 4.13. The fourth-order valence-corrected chi connectivity index (χ4v) is 3.44. The Bertz CT molecular complexity index is 712. The molecular formula is C15H16Cl2N4O3. The number of nitrogens with one attached hydrogen (secondary N) is 3. The highest BCUT2D eigenvalue weighted by molar-refractivity contribution is 6.36. The largest absolute Gasteiger partial charge is 0.343 e. The summed E-state index contributed by atoms with van der Waals surface area (Å²) in [5.74, 6) is -0.322. The van der Waals surface area contributed by atoms with Gasteiger partial charge in [-0.3, -0.25) is 9.59 Å². The number of nitrogens with zero attached hydrogens (tertiary/aromatic N) is 1. The fourth-order valence-electron chi connectivity index (χ4n) is 2.99. The lowest BCUT2D eigenvalue weighted by Gasteiger charge is -2.32. The van der Waals surface area contributed by atoms with Crippen LogP contribution in [0, 0.1) is 0 Å². The normalized spacial score (nSPS) is 26.0. The highest BCUT2D eigenvalue weighted by atomic mass is 35.5. The summed E-state index contributed by atoms with van der Waals surface area (Å²) in [4.78, 5) is 37.7.